The van der Waals surface area contributed by atoms with Crippen molar-refractivity contribution in [3.05, 3.63) is 28.7 Å². The fraction of sp³-hybridized carbons (Fsp3) is 0.533. The molecule has 0 aromatic heterocycles. The number of nitrogens with zero attached hydrogens (tertiary/aromatic N) is 1. The van der Waals surface area contributed by atoms with Crippen LogP contribution >= 0.6 is 28.3 Å². The number of carbonyl (C=O) groups is 1. The standard InChI is InChI=1S/C15H22BrN3O.ClH/c1-15(2)10-19(8-7-13(15)17)9-14(20)18-12-5-3-11(16)4-6-12;/h3-6,13H,7-10,17H2,1-2H3,(H,18,20);1H. The van der Waals surface area contributed by atoms with Gasteiger partial charge in [0.2, 0.25) is 5.91 Å². The average molecular weight is 377 g/mol. The molecule has 21 heavy (non-hydrogen) atoms. The van der Waals surface area contributed by atoms with Crippen LogP contribution in [0.2, 0.25) is 0 Å². The molecule has 1 atom stereocenters. The highest BCUT2D eigenvalue weighted by Crippen LogP contribution is 2.27. The molecule has 0 aliphatic carbocycles. The van der Waals surface area contributed by atoms with E-state index in [0.717, 1.165) is 29.7 Å². The molecular formula is C15H23BrClN3O. The van der Waals surface area contributed by atoms with Gasteiger partial charge < -0.3 is 11.1 Å². The van der Waals surface area contributed by atoms with Crippen LogP contribution in [0.15, 0.2) is 28.7 Å². The second-order valence-corrected chi connectivity index (χ2v) is 7.07. The molecule has 2 rings (SSSR count). The molecule has 0 bridgehead atoms. The van der Waals surface area contributed by atoms with Crippen LogP contribution in [0.3, 0.4) is 0 Å². The van der Waals surface area contributed by atoms with Crippen molar-refractivity contribution in [3.8, 4) is 0 Å². The van der Waals surface area contributed by atoms with Crippen LogP contribution in [0.1, 0.15) is 20.3 Å². The van der Waals surface area contributed by atoms with Crippen LogP contribution in [0, 0.1) is 5.41 Å². The Labute approximate surface area is 141 Å². The lowest BCUT2D eigenvalue weighted by molar-refractivity contribution is -0.118. The average Bonchev–Trinajstić information content (AvgIpc) is 2.36. The molecule has 1 saturated heterocycles. The highest BCUT2D eigenvalue weighted by atomic mass is 79.9. The van der Waals surface area contributed by atoms with Crippen LogP contribution in [0.4, 0.5) is 5.69 Å². The van der Waals surface area contributed by atoms with E-state index >= 15 is 0 Å². The van der Waals surface area contributed by atoms with Gasteiger partial charge in [0, 0.05) is 29.3 Å². The minimum Gasteiger partial charge on any atom is -0.327 e. The Morgan fingerprint density at radius 1 is 1.43 bits per heavy atom. The molecule has 0 saturated carbocycles. The molecule has 1 heterocycles. The van der Waals surface area contributed by atoms with Gasteiger partial charge in [-0.05, 0) is 36.1 Å². The molecule has 1 amide bonds. The van der Waals surface area contributed by atoms with Crippen molar-refractivity contribution >= 4 is 39.9 Å². The van der Waals surface area contributed by atoms with Gasteiger partial charge in [0.25, 0.3) is 0 Å². The topological polar surface area (TPSA) is 58.4 Å². The number of hydrogen-bond acceptors (Lipinski definition) is 3. The van der Waals surface area contributed by atoms with Gasteiger partial charge in [-0.15, -0.1) is 12.4 Å². The Hall–Kier alpha value is -0.620. The number of piperidine rings is 1. The zero-order valence-corrected chi connectivity index (χ0v) is 14.8. The Balaban J connectivity index is 0.00000220. The molecule has 118 valence electrons. The zero-order valence-electron chi connectivity index (χ0n) is 12.4. The molecule has 1 aromatic rings. The first-order valence-corrected chi connectivity index (χ1v) is 7.69. The number of benzene rings is 1. The van der Waals surface area contributed by atoms with Gasteiger partial charge in [-0.1, -0.05) is 29.8 Å². The van der Waals surface area contributed by atoms with E-state index in [2.05, 4.69) is 40.0 Å². The largest absolute Gasteiger partial charge is 0.327 e. The Kier molecular flexibility index (Phi) is 6.66. The molecule has 1 aliphatic rings. The van der Waals surface area contributed by atoms with Crippen molar-refractivity contribution in [2.75, 3.05) is 25.0 Å². The molecule has 3 N–H and O–H groups in total. The summed E-state index contributed by atoms with van der Waals surface area (Å²) < 4.78 is 1.00. The molecular weight excluding hydrogens is 354 g/mol. The molecule has 1 aromatic carbocycles. The number of hydrogen-bond donors (Lipinski definition) is 2. The third-order valence-corrected chi connectivity index (χ3v) is 4.42. The Bertz CT molecular complexity index is 478. The van der Waals surface area contributed by atoms with Crippen LogP contribution in [0.25, 0.3) is 0 Å². The van der Waals surface area contributed by atoms with Crippen LogP contribution in [-0.4, -0.2) is 36.5 Å². The lowest BCUT2D eigenvalue weighted by Crippen LogP contribution is -2.53. The van der Waals surface area contributed by atoms with Crippen LogP contribution < -0.4 is 11.1 Å². The summed E-state index contributed by atoms with van der Waals surface area (Å²) >= 11 is 3.38. The second-order valence-electron chi connectivity index (χ2n) is 6.15. The van der Waals surface area contributed by atoms with E-state index in [1.807, 2.05) is 24.3 Å². The number of likely N-dealkylation sites (tertiary alicyclic amines) is 1. The molecule has 6 heteroatoms. The number of nitrogens with one attached hydrogen (secondary N) is 1. The fourth-order valence-corrected chi connectivity index (χ4v) is 2.82. The van der Waals surface area contributed by atoms with Gasteiger partial charge in [-0.25, -0.2) is 0 Å². The summed E-state index contributed by atoms with van der Waals surface area (Å²) in [4.78, 5) is 14.2. The van der Waals surface area contributed by atoms with E-state index in [1.165, 1.54) is 0 Å². The van der Waals surface area contributed by atoms with E-state index in [1.54, 1.807) is 0 Å². The lowest BCUT2D eigenvalue weighted by atomic mass is 9.80. The highest BCUT2D eigenvalue weighted by Gasteiger charge is 2.33. The number of carbonyl (C=O) groups excluding carboxylic acids is 1. The maximum Gasteiger partial charge on any atom is 0.238 e. The maximum atomic E-state index is 12.1. The van der Waals surface area contributed by atoms with Crippen molar-refractivity contribution < 1.29 is 4.79 Å². The molecule has 4 nitrogen and oxygen atoms in total. The Morgan fingerprint density at radius 3 is 2.62 bits per heavy atom. The first kappa shape index (κ1) is 18.4. The van der Waals surface area contributed by atoms with Crippen molar-refractivity contribution in [1.29, 1.82) is 0 Å². The third-order valence-electron chi connectivity index (χ3n) is 3.89. The van der Waals surface area contributed by atoms with Crippen LogP contribution in [-0.2, 0) is 4.79 Å². The maximum absolute atomic E-state index is 12.1. The molecule has 0 spiro atoms. The summed E-state index contributed by atoms with van der Waals surface area (Å²) in [6, 6.07) is 7.82. The SMILES string of the molecule is CC1(C)CN(CC(=O)Nc2ccc(Br)cc2)CCC1N.Cl. The second kappa shape index (κ2) is 7.58. The predicted molar refractivity (Wildman–Crippen MR) is 92.8 cm³/mol. The third kappa shape index (κ3) is 5.25. The summed E-state index contributed by atoms with van der Waals surface area (Å²) in [6.07, 6.45) is 0.943. The first-order chi connectivity index (χ1) is 9.37. The number of amides is 1. The smallest absolute Gasteiger partial charge is 0.238 e. The van der Waals surface area contributed by atoms with E-state index in [9.17, 15) is 4.79 Å². The van der Waals surface area contributed by atoms with Crippen LogP contribution in [0.5, 0.6) is 0 Å². The monoisotopic (exact) mass is 375 g/mol. The van der Waals surface area contributed by atoms with Gasteiger partial charge in [0.05, 0.1) is 6.54 Å². The number of halogens is 2. The zero-order chi connectivity index (χ0) is 14.8. The first-order valence-electron chi connectivity index (χ1n) is 6.90. The summed E-state index contributed by atoms with van der Waals surface area (Å²) in [5, 5.41) is 2.92. The predicted octanol–water partition coefficient (Wildman–Crippen LogP) is 2.87. The van der Waals surface area contributed by atoms with Crippen molar-refractivity contribution in [2.24, 2.45) is 11.1 Å². The minimum absolute atomic E-state index is 0. The van der Waals surface area contributed by atoms with Gasteiger partial charge in [-0.2, -0.15) is 0 Å². The number of anilines is 1. The minimum atomic E-state index is 0. The molecule has 0 radical (unpaired) electrons. The molecule has 1 aliphatic heterocycles. The normalized spacial score (nSPS) is 21.4. The Morgan fingerprint density at radius 2 is 2.05 bits per heavy atom. The molecule has 1 unspecified atom stereocenters. The summed E-state index contributed by atoms with van der Waals surface area (Å²) in [6.45, 7) is 6.50. The van der Waals surface area contributed by atoms with Gasteiger partial charge in [0.1, 0.15) is 0 Å². The summed E-state index contributed by atoms with van der Waals surface area (Å²) in [5.74, 6) is 0.0265. The summed E-state index contributed by atoms with van der Waals surface area (Å²) in [7, 11) is 0. The van der Waals surface area contributed by atoms with E-state index in [0.29, 0.717) is 6.54 Å². The van der Waals surface area contributed by atoms with Gasteiger partial charge in [0.15, 0.2) is 0 Å². The molecule has 1 fully saturated rings. The number of nitrogens with two attached hydrogens (primary N) is 1. The van der Waals surface area contributed by atoms with E-state index in [-0.39, 0.29) is 29.8 Å². The number of rotatable bonds is 3. The highest BCUT2D eigenvalue weighted by molar-refractivity contribution is 9.10. The van der Waals surface area contributed by atoms with E-state index in [4.69, 9.17) is 5.73 Å². The van der Waals surface area contributed by atoms with E-state index < -0.39 is 0 Å². The lowest BCUT2D eigenvalue weighted by Gasteiger charge is -2.42. The van der Waals surface area contributed by atoms with Gasteiger partial charge >= 0.3 is 0 Å². The van der Waals surface area contributed by atoms with Crippen molar-refractivity contribution in [2.45, 2.75) is 26.3 Å². The fourth-order valence-electron chi connectivity index (χ4n) is 2.56. The quantitative estimate of drug-likeness (QED) is 0.853. The van der Waals surface area contributed by atoms with Gasteiger partial charge in [-0.3, -0.25) is 9.69 Å². The van der Waals surface area contributed by atoms with Crippen molar-refractivity contribution in [3.63, 3.8) is 0 Å². The summed E-state index contributed by atoms with van der Waals surface area (Å²) in [5.41, 5.74) is 7.00. The van der Waals surface area contributed by atoms with Crippen molar-refractivity contribution in [1.82, 2.24) is 4.90 Å².